The molecule has 1 aliphatic rings. The number of hydrogen-bond donors (Lipinski definition) is 1. The minimum atomic E-state index is 1.07. The number of nitrogens with one attached hydrogen (secondary N) is 1. The van der Waals surface area contributed by atoms with Gasteiger partial charge in [0, 0.05) is 12.2 Å². The molecule has 0 saturated heterocycles. The Balaban J connectivity index is 2.16. The molecular weight excluding hydrogens is 218 g/mol. The molecule has 0 fully saturated rings. The Morgan fingerprint density at radius 2 is 1.67 bits per heavy atom. The summed E-state index contributed by atoms with van der Waals surface area (Å²) in [4.78, 5) is 0. The van der Waals surface area contributed by atoms with Gasteiger partial charge in [0.2, 0.25) is 0 Å². The van der Waals surface area contributed by atoms with Crippen LogP contribution in [-0.4, -0.2) is 6.54 Å². The molecule has 1 heterocycles. The average Bonchev–Trinajstić information content (AvgIpc) is 2.74. The van der Waals surface area contributed by atoms with Crippen LogP contribution in [0.25, 0.3) is 11.1 Å². The van der Waals surface area contributed by atoms with Gasteiger partial charge in [-0.15, -0.1) is 0 Å². The van der Waals surface area contributed by atoms with Crippen molar-refractivity contribution in [1.29, 1.82) is 0 Å². The van der Waals surface area contributed by atoms with E-state index in [2.05, 4.69) is 56.4 Å². The molecule has 1 nitrogen and oxygen atoms in total. The minimum Gasteiger partial charge on any atom is -0.384 e. The van der Waals surface area contributed by atoms with E-state index in [-0.39, 0.29) is 0 Å². The van der Waals surface area contributed by atoms with Gasteiger partial charge in [-0.25, -0.2) is 0 Å². The zero-order valence-corrected chi connectivity index (χ0v) is 11.3. The molecule has 0 saturated carbocycles. The first-order valence-electron chi connectivity index (χ1n) is 6.60. The lowest BCUT2D eigenvalue weighted by Gasteiger charge is -2.13. The minimum absolute atomic E-state index is 1.07. The Kier molecular flexibility index (Phi) is 2.62. The average molecular weight is 237 g/mol. The summed E-state index contributed by atoms with van der Waals surface area (Å²) in [5.41, 5.74) is 9.55. The fourth-order valence-corrected chi connectivity index (χ4v) is 3.08. The van der Waals surface area contributed by atoms with Crippen molar-refractivity contribution in [3.8, 4) is 11.1 Å². The molecule has 0 spiro atoms. The Morgan fingerprint density at radius 1 is 0.944 bits per heavy atom. The van der Waals surface area contributed by atoms with Crippen molar-refractivity contribution in [2.75, 3.05) is 11.9 Å². The molecule has 0 radical (unpaired) electrons. The predicted octanol–water partition coefficient (Wildman–Crippen LogP) is 4.25. The molecule has 0 amide bonds. The summed E-state index contributed by atoms with van der Waals surface area (Å²) < 4.78 is 0. The van der Waals surface area contributed by atoms with Crippen molar-refractivity contribution < 1.29 is 0 Å². The summed E-state index contributed by atoms with van der Waals surface area (Å²) in [6.45, 7) is 7.64. The number of aryl methyl sites for hydroxylation is 3. The molecular formula is C17H19N. The van der Waals surface area contributed by atoms with E-state index in [9.17, 15) is 0 Å². The highest BCUT2D eigenvalue weighted by Crippen LogP contribution is 2.33. The van der Waals surface area contributed by atoms with Crippen LogP contribution in [0, 0.1) is 20.8 Å². The highest BCUT2D eigenvalue weighted by Gasteiger charge is 2.12. The third-order valence-electron chi connectivity index (χ3n) is 3.79. The molecule has 3 rings (SSSR count). The van der Waals surface area contributed by atoms with Crippen LogP contribution in [0.3, 0.4) is 0 Å². The van der Waals surface area contributed by atoms with E-state index < -0.39 is 0 Å². The van der Waals surface area contributed by atoms with Crippen LogP contribution in [0.5, 0.6) is 0 Å². The van der Waals surface area contributed by atoms with Crippen LogP contribution in [0.1, 0.15) is 22.3 Å². The van der Waals surface area contributed by atoms with E-state index in [0.29, 0.717) is 0 Å². The Labute approximate surface area is 109 Å². The lowest BCUT2D eigenvalue weighted by Crippen LogP contribution is -1.93. The van der Waals surface area contributed by atoms with Gasteiger partial charge in [-0.3, -0.25) is 0 Å². The van der Waals surface area contributed by atoms with Crippen molar-refractivity contribution in [1.82, 2.24) is 0 Å². The summed E-state index contributed by atoms with van der Waals surface area (Å²) in [6, 6.07) is 11.4. The maximum atomic E-state index is 3.46. The summed E-state index contributed by atoms with van der Waals surface area (Å²) in [5, 5.41) is 3.46. The molecule has 0 bridgehead atoms. The molecule has 1 N–H and O–H groups in total. The number of rotatable bonds is 1. The summed E-state index contributed by atoms with van der Waals surface area (Å²) in [5.74, 6) is 0. The topological polar surface area (TPSA) is 12.0 Å². The molecule has 18 heavy (non-hydrogen) atoms. The SMILES string of the molecule is Cc1cc(C)c(-c2ccc3c(c2)NCC3)c(C)c1. The van der Waals surface area contributed by atoms with Crippen molar-refractivity contribution in [3.05, 3.63) is 52.6 Å². The molecule has 1 heteroatoms. The van der Waals surface area contributed by atoms with E-state index >= 15 is 0 Å². The van der Waals surface area contributed by atoms with Crippen molar-refractivity contribution in [2.24, 2.45) is 0 Å². The first kappa shape index (κ1) is 11.3. The highest BCUT2D eigenvalue weighted by atomic mass is 14.9. The molecule has 2 aromatic carbocycles. The molecule has 0 aromatic heterocycles. The first-order chi connectivity index (χ1) is 8.65. The molecule has 1 aliphatic heterocycles. The quantitative estimate of drug-likeness (QED) is 0.782. The van der Waals surface area contributed by atoms with Crippen LogP contribution < -0.4 is 5.32 Å². The number of anilines is 1. The van der Waals surface area contributed by atoms with E-state index in [4.69, 9.17) is 0 Å². The molecule has 0 aliphatic carbocycles. The summed E-state index contributed by atoms with van der Waals surface area (Å²) in [7, 11) is 0. The van der Waals surface area contributed by atoms with Gasteiger partial charge in [-0.05, 0) is 61.1 Å². The highest BCUT2D eigenvalue weighted by molar-refractivity contribution is 5.76. The van der Waals surface area contributed by atoms with E-state index in [1.807, 2.05) is 0 Å². The van der Waals surface area contributed by atoms with Crippen LogP contribution in [-0.2, 0) is 6.42 Å². The Hall–Kier alpha value is -1.76. The van der Waals surface area contributed by atoms with Crippen molar-refractivity contribution in [2.45, 2.75) is 27.2 Å². The third-order valence-corrected chi connectivity index (χ3v) is 3.79. The number of fused-ring (bicyclic) bond motifs is 1. The molecule has 92 valence electrons. The zero-order valence-electron chi connectivity index (χ0n) is 11.3. The normalized spacial score (nSPS) is 13.3. The third kappa shape index (κ3) is 1.80. The monoisotopic (exact) mass is 237 g/mol. The first-order valence-corrected chi connectivity index (χ1v) is 6.60. The smallest absolute Gasteiger partial charge is 0.0379 e. The second-order valence-corrected chi connectivity index (χ2v) is 5.32. The zero-order chi connectivity index (χ0) is 12.7. The number of hydrogen-bond acceptors (Lipinski definition) is 1. The van der Waals surface area contributed by atoms with Crippen molar-refractivity contribution >= 4 is 5.69 Å². The molecule has 0 unspecified atom stereocenters. The van der Waals surface area contributed by atoms with Gasteiger partial charge in [0.1, 0.15) is 0 Å². The predicted molar refractivity (Wildman–Crippen MR) is 78.3 cm³/mol. The van der Waals surface area contributed by atoms with Gasteiger partial charge in [-0.1, -0.05) is 29.8 Å². The fourth-order valence-electron chi connectivity index (χ4n) is 3.08. The second-order valence-electron chi connectivity index (χ2n) is 5.32. The van der Waals surface area contributed by atoms with E-state index in [1.54, 1.807) is 0 Å². The maximum Gasteiger partial charge on any atom is 0.0379 e. The van der Waals surface area contributed by atoms with Crippen LogP contribution in [0.4, 0.5) is 5.69 Å². The summed E-state index contributed by atoms with van der Waals surface area (Å²) >= 11 is 0. The fraction of sp³-hybridized carbons (Fsp3) is 0.294. The molecule has 2 aromatic rings. The lowest BCUT2D eigenvalue weighted by molar-refractivity contribution is 1.11. The van der Waals surface area contributed by atoms with Gasteiger partial charge >= 0.3 is 0 Å². The maximum absolute atomic E-state index is 3.46. The van der Waals surface area contributed by atoms with Gasteiger partial charge in [0.15, 0.2) is 0 Å². The van der Waals surface area contributed by atoms with Gasteiger partial charge in [0.25, 0.3) is 0 Å². The van der Waals surface area contributed by atoms with Gasteiger partial charge in [0.05, 0.1) is 0 Å². The molecule has 0 atom stereocenters. The second kappa shape index (κ2) is 4.16. The standard InChI is InChI=1S/C17H19N/c1-11-8-12(2)17(13(3)9-11)15-5-4-14-6-7-18-16(14)10-15/h4-5,8-10,18H,6-7H2,1-3H3. The largest absolute Gasteiger partial charge is 0.384 e. The van der Waals surface area contributed by atoms with Crippen molar-refractivity contribution in [3.63, 3.8) is 0 Å². The van der Waals surface area contributed by atoms with E-state index in [1.165, 1.54) is 39.1 Å². The van der Waals surface area contributed by atoms with Crippen LogP contribution in [0.15, 0.2) is 30.3 Å². The van der Waals surface area contributed by atoms with Crippen LogP contribution >= 0.6 is 0 Å². The Bertz CT molecular complexity index is 588. The van der Waals surface area contributed by atoms with Gasteiger partial charge < -0.3 is 5.32 Å². The van der Waals surface area contributed by atoms with E-state index in [0.717, 1.165) is 13.0 Å². The van der Waals surface area contributed by atoms with Gasteiger partial charge in [-0.2, -0.15) is 0 Å². The summed E-state index contributed by atoms with van der Waals surface area (Å²) in [6.07, 6.45) is 1.15. The lowest BCUT2D eigenvalue weighted by atomic mass is 9.93. The Morgan fingerprint density at radius 3 is 2.39 bits per heavy atom. The van der Waals surface area contributed by atoms with Crippen LogP contribution in [0.2, 0.25) is 0 Å². The number of benzene rings is 2.